The van der Waals surface area contributed by atoms with Crippen LogP contribution in [0.2, 0.25) is 0 Å². The molecule has 1 heterocycles. The number of carbonyl (C=O) groups is 1. The average molecular weight is 271 g/mol. The first-order valence-electron chi connectivity index (χ1n) is 7.46. The van der Waals surface area contributed by atoms with Gasteiger partial charge < -0.3 is 10.6 Å². The Morgan fingerprint density at radius 1 is 1.35 bits per heavy atom. The van der Waals surface area contributed by atoms with Crippen molar-refractivity contribution in [2.24, 2.45) is 16.6 Å². The number of benzene rings is 1. The molecule has 1 fully saturated rings. The number of aliphatic imine (C=N–C) groups is 1. The van der Waals surface area contributed by atoms with Crippen molar-refractivity contribution in [3.63, 3.8) is 0 Å². The Hall–Kier alpha value is -1.68. The summed E-state index contributed by atoms with van der Waals surface area (Å²) in [6.07, 6.45) is 3.70. The van der Waals surface area contributed by atoms with E-state index in [-0.39, 0.29) is 5.91 Å². The lowest BCUT2D eigenvalue weighted by Gasteiger charge is -2.28. The van der Waals surface area contributed by atoms with E-state index in [0.717, 1.165) is 36.2 Å². The third-order valence-corrected chi connectivity index (χ3v) is 4.21. The molecule has 106 valence electrons. The van der Waals surface area contributed by atoms with Crippen LogP contribution in [0.3, 0.4) is 0 Å². The molecule has 2 aliphatic rings. The quantitative estimate of drug-likeness (QED) is 0.917. The molecule has 0 spiro atoms. The molecular formula is C16H21N3O. The molecule has 1 amide bonds. The summed E-state index contributed by atoms with van der Waals surface area (Å²) < 4.78 is 0. The van der Waals surface area contributed by atoms with Gasteiger partial charge in [0.1, 0.15) is 0 Å². The van der Waals surface area contributed by atoms with Gasteiger partial charge in [-0.2, -0.15) is 0 Å². The van der Waals surface area contributed by atoms with Crippen molar-refractivity contribution in [2.45, 2.75) is 38.8 Å². The SMILES string of the molecule is CCCN1C(=O)[C@H](N)N=C(C2CCC2)c2ccccc21. The van der Waals surface area contributed by atoms with Crippen molar-refractivity contribution in [1.29, 1.82) is 0 Å². The third-order valence-electron chi connectivity index (χ3n) is 4.21. The van der Waals surface area contributed by atoms with Crippen molar-refractivity contribution in [3.05, 3.63) is 29.8 Å². The van der Waals surface area contributed by atoms with Crippen LogP contribution in [0.5, 0.6) is 0 Å². The first-order chi connectivity index (χ1) is 9.72. The third kappa shape index (κ3) is 2.14. The first kappa shape index (κ1) is 13.3. The van der Waals surface area contributed by atoms with Gasteiger partial charge in [-0.3, -0.25) is 9.79 Å². The van der Waals surface area contributed by atoms with Crippen LogP contribution >= 0.6 is 0 Å². The number of para-hydroxylation sites is 1. The fourth-order valence-corrected chi connectivity index (χ4v) is 2.94. The van der Waals surface area contributed by atoms with E-state index in [0.29, 0.717) is 12.5 Å². The Labute approximate surface area is 119 Å². The maximum absolute atomic E-state index is 12.5. The molecule has 1 atom stereocenters. The van der Waals surface area contributed by atoms with E-state index in [1.807, 2.05) is 18.2 Å². The maximum Gasteiger partial charge on any atom is 0.266 e. The molecule has 1 aliphatic heterocycles. The summed E-state index contributed by atoms with van der Waals surface area (Å²) in [6, 6.07) is 8.07. The van der Waals surface area contributed by atoms with E-state index < -0.39 is 6.17 Å². The van der Waals surface area contributed by atoms with Crippen molar-refractivity contribution in [3.8, 4) is 0 Å². The van der Waals surface area contributed by atoms with Gasteiger partial charge in [-0.15, -0.1) is 0 Å². The highest BCUT2D eigenvalue weighted by molar-refractivity contribution is 6.13. The minimum atomic E-state index is -0.760. The Balaban J connectivity index is 2.10. The standard InChI is InChI=1S/C16H21N3O/c1-2-10-19-13-9-4-3-8-12(13)14(11-6-5-7-11)18-15(17)16(19)20/h3-4,8-9,11,15H,2,5-7,10,17H2,1H3/t15-/m1/s1. The molecule has 1 aromatic carbocycles. The fourth-order valence-electron chi connectivity index (χ4n) is 2.94. The van der Waals surface area contributed by atoms with Gasteiger partial charge in [0.05, 0.1) is 5.69 Å². The molecule has 1 aliphatic carbocycles. The van der Waals surface area contributed by atoms with Crippen molar-refractivity contribution >= 4 is 17.3 Å². The minimum absolute atomic E-state index is 0.0892. The number of carbonyl (C=O) groups excluding carboxylic acids is 1. The number of nitrogens with zero attached hydrogens (tertiary/aromatic N) is 2. The van der Waals surface area contributed by atoms with Crippen LogP contribution in [0.4, 0.5) is 5.69 Å². The zero-order valence-electron chi connectivity index (χ0n) is 11.9. The van der Waals surface area contributed by atoms with Gasteiger partial charge in [0.15, 0.2) is 6.17 Å². The normalized spacial score (nSPS) is 22.9. The highest BCUT2D eigenvalue weighted by atomic mass is 16.2. The van der Waals surface area contributed by atoms with Crippen LogP contribution in [0, 0.1) is 5.92 Å². The Morgan fingerprint density at radius 2 is 2.10 bits per heavy atom. The van der Waals surface area contributed by atoms with Crippen molar-refractivity contribution in [1.82, 2.24) is 0 Å². The lowest BCUT2D eigenvalue weighted by molar-refractivity contribution is -0.119. The maximum atomic E-state index is 12.5. The zero-order valence-corrected chi connectivity index (χ0v) is 11.9. The predicted molar refractivity (Wildman–Crippen MR) is 80.9 cm³/mol. The summed E-state index contributed by atoms with van der Waals surface area (Å²) in [5, 5.41) is 0. The smallest absolute Gasteiger partial charge is 0.266 e. The number of nitrogens with two attached hydrogens (primary N) is 1. The molecule has 4 nitrogen and oxygen atoms in total. The molecule has 0 unspecified atom stereocenters. The van der Waals surface area contributed by atoms with Gasteiger partial charge in [0, 0.05) is 23.7 Å². The molecule has 0 saturated heterocycles. The number of fused-ring (bicyclic) bond motifs is 1. The Kier molecular flexibility index (Phi) is 3.57. The number of rotatable bonds is 3. The van der Waals surface area contributed by atoms with Crippen molar-refractivity contribution < 1.29 is 4.79 Å². The van der Waals surface area contributed by atoms with E-state index >= 15 is 0 Å². The summed E-state index contributed by atoms with van der Waals surface area (Å²) in [7, 11) is 0. The van der Waals surface area contributed by atoms with E-state index in [9.17, 15) is 4.79 Å². The van der Waals surface area contributed by atoms with E-state index in [1.54, 1.807) is 4.90 Å². The van der Waals surface area contributed by atoms with Crippen molar-refractivity contribution in [2.75, 3.05) is 11.4 Å². The molecule has 3 rings (SSSR count). The summed E-state index contributed by atoms with van der Waals surface area (Å²) in [5.41, 5.74) is 9.10. The summed E-state index contributed by atoms with van der Waals surface area (Å²) >= 11 is 0. The van der Waals surface area contributed by atoms with Gasteiger partial charge in [-0.05, 0) is 25.3 Å². The monoisotopic (exact) mass is 271 g/mol. The van der Waals surface area contributed by atoms with Crippen LogP contribution in [0.1, 0.15) is 38.2 Å². The molecule has 4 heteroatoms. The molecular weight excluding hydrogens is 250 g/mol. The second-order valence-electron chi connectivity index (χ2n) is 5.59. The number of amides is 1. The second-order valence-corrected chi connectivity index (χ2v) is 5.59. The molecule has 0 radical (unpaired) electrons. The summed E-state index contributed by atoms with van der Waals surface area (Å²) in [5.74, 6) is 0.380. The van der Waals surface area contributed by atoms with E-state index in [2.05, 4.69) is 18.0 Å². The molecule has 20 heavy (non-hydrogen) atoms. The van der Waals surface area contributed by atoms with E-state index in [1.165, 1.54) is 6.42 Å². The highest BCUT2D eigenvalue weighted by Crippen LogP contribution is 2.35. The van der Waals surface area contributed by atoms with Crippen LogP contribution in [0.15, 0.2) is 29.3 Å². The number of benzodiazepines with no additional fused rings is 1. The minimum Gasteiger partial charge on any atom is -0.309 e. The molecule has 0 bridgehead atoms. The molecule has 1 saturated carbocycles. The topological polar surface area (TPSA) is 58.7 Å². The number of anilines is 1. The predicted octanol–water partition coefficient (Wildman–Crippen LogP) is 2.32. The number of hydrogen-bond donors (Lipinski definition) is 1. The lowest BCUT2D eigenvalue weighted by atomic mass is 9.79. The van der Waals surface area contributed by atoms with Crippen LogP contribution < -0.4 is 10.6 Å². The number of hydrogen-bond acceptors (Lipinski definition) is 3. The average Bonchev–Trinajstić information content (AvgIpc) is 2.49. The Morgan fingerprint density at radius 3 is 2.75 bits per heavy atom. The summed E-state index contributed by atoms with van der Waals surface area (Å²) in [4.78, 5) is 18.8. The molecule has 1 aromatic rings. The van der Waals surface area contributed by atoms with Gasteiger partial charge >= 0.3 is 0 Å². The summed E-state index contributed by atoms with van der Waals surface area (Å²) in [6.45, 7) is 2.76. The largest absolute Gasteiger partial charge is 0.309 e. The van der Waals surface area contributed by atoms with Gasteiger partial charge in [0.25, 0.3) is 5.91 Å². The lowest BCUT2D eigenvalue weighted by Crippen LogP contribution is -2.42. The van der Waals surface area contributed by atoms with Gasteiger partial charge in [-0.1, -0.05) is 31.5 Å². The highest BCUT2D eigenvalue weighted by Gasteiger charge is 2.33. The van der Waals surface area contributed by atoms with Gasteiger partial charge in [-0.25, -0.2) is 0 Å². The van der Waals surface area contributed by atoms with Crippen LogP contribution in [-0.2, 0) is 4.79 Å². The van der Waals surface area contributed by atoms with E-state index in [4.69, 9.17) is 5.73 Å². The van der Waals surface area contributed by atoms with Gasteiger partial charge in [0.2, 0.25) is 0 Å². The second kappa shape index (κ2) is 5.37. The first-order valence-corrected chi connectivity index (χ1v) is 7.46. The zero-order chi connectivity index (χ0) is 14.1. The Bertz CT molecular complexity index is 548. The van der Waals surface area contributed by atoms with Crippen LogP contribution in [-0.4, -0.2) is 24.3 Å². The molecule has 0 aromatic heterocycles. The van der Waals surface area contributed by atoms with Crippen LogP contribution in [0.25, 0.3) is 0 Å². The molecule has 2 N–H and O–H groups in total. The fraction of sp³-hybridized carbons (Fsp3) is 0.500.